The summed E-state index contributed by atoms with van der Waals surface area (Å²) in [5.41, 5.74) is 36.5. The van der Waals surface area contributed by atoms with Crippen LogP contribution >= 0.6 is 0 Å². The highest BCUT2D eigenvalue weighted by Gasteiger charge is 2.44. The lowest BCUT2D eigenvalue weighted by molar-refractivity contribution is 0.912. The van der Waals surface area contributed by atoms with Crippen LogP contribution in [0.25, 0.3) is 105 Å². The lowest BCUT2D eigenvalue weighted by Crippen LogP contribution is -2.55. The van der Waals surface area contributed by atoms with Crippen molar-refractivity contribution in [1.82, 2.24) is 9.05 Å². The molecule has 0 radical (unpaired) electrons. The van der Waals surface area contributed by atoms with Gasteiger partial charge in [-0.1, -0.05) is 91.0 Å². The van der Waals surface area contributed by atoms with Crippen LogP contribution in [0.5, 0.6) is 0 Å². The maximum absolute atomic E-state index is 2.79. The fraction of sp³-hybridized carbons (Fsp3) is 0.169. The predicted molar refractivity (Wildman–Crippen MR) is 291 cm³/mol. The van der Waals surface area contributed by atoms with Crippen molar-refractivity contribution >= 4 is 61.4 Å². The van der Waals surface area contributed by atoms with E-state index in [-0.39, 0.29) is 6.85 Å². The quantitative estimate of drug-likeness (QED) is 0.156. The van der Waals surface area contributed by atoms with E-state index in [0.29, 0.717) is 0 Å². The number of rotatable bonds is 4. The van der Waals surface area contributed by atoms with Gasteiger partial charge in [0, 0.05) is 43.8 Å². The molecule has 0 bridgehead atoms. The Morgan fingerprint density at radius 2 is 0.853 bits per heavy atom. The zero-order chi connectivity index (χ0) is 46.0. The van der Waals surface area contributed by atoms with Gasteiger partial charge in [-0.2, -0.15) is 0 Å². The van der Waals surface area contributed by atoms with Gasteiger partial charge in [0.1, 0.15) is 0 Å². The normalized spacial score (nSPS) is 13.4. The van der Waals surface area contributed by atoms with Crippen LogP contribution in [0.3, 0.4) is 0 Å². The van der Waals surface area contributed by atoms with Crippen molar-refractivity contribution in [2.75, 3.05) is 0 Å². The molecule has 0 atom stereocenters. The highest BCUT2D eigenvalue weighted by Crippen LogP contribution is 2.50. The van der Waals surface area contributed by atoms with Crippen LogP contribution in [-0.2, 0) is 12.8 Å². The second kappa shape index (κ2) is 14.1. The summed E-state index contributed by atoms with van der Waals surface area (Å²) in [6.07, 6.45) is 3.40. The number of aryl methyl sites for hydroxylation is 9. The summed E-state index contributed by atoms with van der Waals surface area (Å²) in [4.78, 5) is 0. The van der Waals surface area contributed by atoms with Gasteiger partial charge in [-0.15, -0.1) is 0 Å². The molecule has 2 aromatic heterocycles. The Bertz CT molecular complexity index is 4010. The molecule has 0 N–H and O–H groups in total. The number of benzene rings is 9. The third-order valence-electron chi connectivity index (χ3n) is 16.6. The van der Waals surface area contributed by atoms with Gasteiger partial charge in [0.25, 0.3) is 0 Å². The molecule has 14 rings (SSSR count). The summed E-state index contributed by atoms with van der Waals surface area (Å²) in [5.74, 6) is 0. The van der Waals surface area contributed by atoms with E-state index in [2.05, 4.69) is 204 Å². The van der Waals surface area contributed by atoms with Crippen molar-refractivity contribution in [2.24, 2.45) is 0 Å². The minimum atomic E-state index is -0.0304. The van der Waals surface area contributed by atoms with Crippen molar-refractivity contribution in [3.63, 3.8) is 0 Å². The Morgan fingerprint density at radius 3 is 1.40 bits per heavy atom. The summed E-state index contributed by atoms with van der Waals surface area (Å²) >= 11 is 0. The molecule has 9 aromatic carbocycles. The van der Waals surface area contributed by atoms with Gasteiger partial charge in [-0.25, -0.2) is 0 Å². The Hall–Kier alpha value is -7.36. The minimum absolute atomic E-state index is 0.0304. The van der Waals surface area contributed by atoms with Crippen LogP contribution in [-0.4, -0.2) is 15.9 Å². The molecule has 4 heterocycles. The van der Waals surface area contributed by atoms with Crippen molar-refractivity contribution in [3.05, 3.63) is 195 Å². The van der Waals surface area contributed by atoms with Gasteiger partial charge in [-0.3, -0.25) is 0 Å². The molecule has 0 amide bonds. The van der Waals surface area contributed by atoms with Gasteiger partial charge in [0.15, 0.2) is 0 Å². The van der Waals surface area contributed by atoms with Crippen molar-refractivity contribution < 1.29 is 0 Å². The Balaban J connectivity index is 1.18. The lowest BCUT2D eigenvalue weighted by Gasteiger charge is -2.36. The van der Waals surface area contributed by atoms with E-state index in [0.717, 1.165) is 12.8 Å². The van der Waals surface area contributed by atoms with Crippen molar-refractivity contribution in [3.8, 4) is 61.3 Å². The topological polar surface area (TPSA) is 9.86 Å². The fourth-order valence-corrected chi connectivity index (χ4v) is 13.9. The highest BCUT2D eigenvalue weighted by molar-refractivity contribution is 6.90. The van der Waals surface area contributed by atoms with Gasteiger partial charge in [0.2, 0.25) is 0 Å². The van der Waals surface area contributed by atoms with E-state index in [9.17, 15) is 0 Å². The van der Waals surface area contributed by atoms with E-state index >= 15 is 0 Å². The molecule has 0 unspecified atom stereocenters. The van der Waals surface area contributed by atoms with Crippen LogP contribution in [0.4, 0.5) is 0 Å². The third-order valence-corrected chi connectivity index (χ3v) is 16.6. The van der Waals surface area contributed by atoms with Crippen molar-refractivity contribution in [2.45, 2.75) is 74.7 Å². The summed E-state index contributed by atoms with van der Waals surface area (Å²) in [5, 5.41) is 5.32. The van der Waals surface area contributed by atoms with Crippen LogP contribution < -0.4 is 10.9 Å². The van der Waals surface area contributed by atoms with Gasteiger partial charge in [0.05, 0.1) is 11.0 Å². The van der Waals surface area contributed by atoms with Gasteiger partial charge >= 0.3 is 6.85 Å². The first kappa shape index (κ1) is 39.8. The van der Waals surface area contributed by atoms with Crippen LogP contribution in [0.1, 0.15) is 62.1 Å². The largest absolute Gasteiger partial charge is 0.375 e. The van der Waals surface area contributed by atoms with Crippen LogP contribution in [0, 0.1) is 55.4 Å². The first-order valence-electron chi connectivity index (χ1n) is 24.7. The van der Waals surface area contributed by atoms with E-state index < -0.39 is 0 Å². The smallest absolute Gasteiger partial charge is 0.333 e. The number of hydrogen-bond acceptors (Lipinski definition) is 0. The summed E-state index contributed by atoms with van der Waals surface area (Å²) in [6.45, 7) is 18.2. The molecule has 68 heavy (non-hydrogen) atoms. The number of nitrogens with zero attached hydrogens (tertiary/aromatic N) is 2. The van der Waals surface area contributed by atoms with Gasteiger partial charge < -0.3 is 9.05 Å². The van der Waals surface area contributed by atoms with E-state index in [4.69, 9.17) is 0 Å². The zero-order valence-electron chi connectivity index (χ0n) is 40.4. The molecule has 1 aliphatic carbocycles. The molecular formula is C65H53BN2. The zero-order valence-corrected chi connectivity index (χ0v) is 40.4. The molecule has 3 heteroatoms. The molecule has 0 saturated carbocycles. The number of fused-ring (bicyclic) bond motifs is 12. The van der Waals surface area contributed by atoms with Crippen LogP contribution in [0.15, 0.2) is 140 Å². The van der Waals surface area contributed by atoms with E-state index in [1.165, 1.54) is 172 Å². The Morgan fingerprint density at radius 1 is 0.397 bits per heavy atom. The molecule has 3 aliphatic rings. The molecule has 326 valence electrons. The fourth-order valence-electron chi connectivity index (χ4n) is 13.9. The predicted octanol–water partition coefficient (Wildman–Crippen LogP) is 15.5. The number of hydrogen-bond donors (Lipinski definition) is 0. The Kier molecular flexibility index (Phi) is 8.24. The van der Waals surface area contributed by atoms with E-state index in [1.54, 1.807) is 5.56 Å². The standard InChI is InChI=1S/C65H53BN2/c1-35-14-9-15-36(2)58(35)44-24-26-55-49(28-44)52-31-47(61-41(7)20-12-21-42(61)8)33-54-65(52)67(55)57-34-43-22-13-23-48(43)62-53-32-46(60-39(5)18-11-19-40(60)6)30-51-50-29-45(59-37(3)16-10-17-38(59)4)25-27-56(50)68(64(51)53)66(54)63(57)62/h9-12,14-21,24-34H,13,22-23H2,1-8H3. The summed E-state index contributed by atoms with van der Waals surface area (Å²) < 4.78 is 5.49. The number of aromatic nitrogens is 2. The summed E-state index contributed by atoms with van der Waals surface area (Å²) in [7, 11) is 0. The highest BCUT2D eigenvalue weighted by atomic mass is 15.0. The monoisotopic (exact) mass is 872 g/mol. The molecule has 2 aliphatic heterocycles. The molecule has 0 spiro atoms. The average Bonchev–Trinajstić information content (AvgIpc) is 4.02. The first-order valence-corrected chi connectivity index (χ1v) is 24.7. The average molecular weight is 873 g/mol. The SMILES string of the molecule is Cc1cccc(C)c1-c1ccc2c(c1)c1cc(-c3c(C)cccc3C)cc3c1n2B1c2c(cc4c(c2-3)CCC4)-n2c3ccc(-c4c(C)cccc4C)cc3c3cc(-c4c(C)cccc4C)cc1c32. The molecule has 0 saturated heterocycles. The minimum Gasteiger partial charge on any atom is -0.375 e. The lowest BCUT2D eigenvalue weighted by atomic mass is 9.45. The summed E-state index contributed by atoms with van der Waals surface area (Å²) in [6, 6.07) is 54.6. The third kappa shape index (κ3) is 5.25. The molecule has 11 aromatic rings. The maximum Gasteiger partial charge on any atom is 0.333 e. The maximum atomic E-state index is 2.79. The molecular weight excluding hydrogens is 820 g/mol. The van der Waals surface area contributed by atoms with Gasteiger partial charge in [-0.05, 0) is 240 Å². The first-order chi connectivity index (χ1) is 33.0. The molecule has 0 fully saturated rings. The van der Waals surface area contributed by atoms with E-state index in [1.807, 2.05) is 0 Å². The van der Waals surface area contributed by atoms with Crippen LogP contribution in [0.2, 0.25) is 0 Å². The molecule has 2 nitrogen and oxygen atoms in total. The Labute approximate surface area is 399 Å². The van der Waals surface area contributed by atoms with Crippen molar-refractivity contribution in [1.29, 1.82) is 0 Å². The second-order valence-electron chi connectivity index (χ2n) is 20.7. The second-order valence-corrected chi connectivity index (χ2v) is 20.7.